The van der Waals surface area contributed by atoms with Gasteiger partial charge < -0.3 is 15.4 Å². The van der Waals surface area contributed by atoms with Crippen molar-refractivity contribution < 1.29 is 18.3 Å². The molecule has 1 aromatic carbocycles. The predicted octanol–water partition coefficient (Wildman–Crippen LogP) is 4.36. The van der Waals surface area contributed by atoms with Gasteiger partial charge in [-0.15, -0.1) is 0 Å². The standard InChI is InChI=1S/C27H27F2N5O2/c1-2-24(35)32-20-4-3-5-21(14-20)36-26-22-15-23(33-25(22)30-17-31-26)19-8-6-18(7-9-19)16-34-12-10-27(28,29)11-13-34/h2-8,14-15,17,25,33H,1,9-13,16H2,(H,32,35). The first kappa shape index (κ1) is 23.9. The highest BCUT2D eigenvalue weighted by molar-refractivity contribution is 6.03. The number of halogens is 2. The zero-order chi connectivity index (χ0) is 25.1. The zero-order valence-corrected chi connectivity index (χ0v) is 19.7. The molecule has 1 atom stereocenters. The maximum atomic E-state index is 13.4. The number of hydrogen-bond acceptors (Lipinski definition) is 6. The monoisotopic (exact) mass is 491 g/mol. The van der Waals surface area contributed by atoms with Crippen LogP contribution in [0.2, 0.25) is 0 Å². The minimum Gasteiger partial charge on any atom is -0.438 e. The summed E-state index contributed by atoms with van der Waals surface area (Å²) < 4.78 is 32.9. The molecule has 0 saturated carbocycles. The third kappa shape index (κ3) is 5.52. The topological polar surface area (TPSA) is 78.3 Å². The molecule has 0 radical (unpaired) electrons. The lowest BCUT2D eigenvalue weighted by Crippen LogP contribution is -2.40. The minimum atomic E-state index is -2.53. The van der Waals surface area contributed by atoms with E-state index >= 15 is 0 Å². The Bertz CT molecular complexity index is 1250. The van der Waals surface area contributed by atoms with Crippen molar-refractivity contribution in [2.75, 3.05) is 25.0 Å². The van der Waals surface area contributed by atoms with Gasteiger partial charge in [0.1, 0.15) is 12.1 Å². The van der Waals surface area contributed by atoms with Crippen LogP contribution in [-0.2, 0) is 4.79 Å². The number of nitrogens with zero attached hydrogens (tertiary/aromatic N) is 3. The Hall–Kier alpha value is -3.85. The number of carbonyl (C=O) groups excluding carboxylic acids is 1. The van der Waals surface area contributed by atoms with Crippen molar-refractivity contribution in [1.29, 1.82) is 0 Å². The van der Waals surface area contributed by atoms with Crippen molar-refractivity contribution in [3.63, 3.8) is 0 Å². The quantitative estimate of drug-likeness (QED) is 0.600. The zero-order valence-electron chi connectivity index (χ0n) is 19.7. The molecule has 2 N–H and O–H groups in total. The molecule has 7 nitrogen and oxygen atoms in total. The van der Waals surface area contributed by atoms with Gasteiger partial charge in [-0.05, 0) is 41.9 Å². The number of benzene rings is 1. The minimum absolute atomic E-state index is 0.0710. The van der Waals surface area contributed by atoms with Crippen LogP contribution in [0.15, 0.2) is 93.6 Å². The van der Waals surface area contributed by atoms with Crippen LogP contribution in [-0.4, -0.2) is 54.8 Å². The molecule has 1 unspecified atom stereocenters. The Morgan fingerprint density at radius 1 is 1.31 bits per heavy atom. The molecule has 4 aliphatic rings. The van der Waals surface area contributed by atoms with Gasteiger partial charge in [-0.1, -0.05) is 30.9 Å². The number of ether oxygens (including phenoxy) is 1. The second kappa shape index (κ2) is 10.0. The molecular formula is C27H27F2N5O2. The maximum Gasteiger partial charge on any atom is 0.250 e. The number of rotatable bonds is 5. The first-order chi connectivity index (χ1) is 17.4. The fraction of sp³-hybridized carbons (Fsp3) is 0.296. The number of likely N-dealkylation sites (tertiary alicyclic amines) is 1. The van der Waals surface area contributed by atoms with Gasteiger partial charge in [0.2, 0.25) is 11.8 Å². The summed E-state index contributed by atoms with van der Waals surface area (Å²) in [5.74, 6) is -1.86. The van der Waals surface area contributed by atoms with Crippen molar-refractivity contribution in [2.24, 2.45) is 9.98 Å². The molecule has 0 spiro atoms. The van der Waals surface area contributed by atoms with Crippen molar-refractivity contribution in [2.45, 2.75) is 31.4 Å². The van der Waals surface area contributed by atoms with E-state index in [1.165, 1.54) is 12.4 Å². The number of hydrogen-bond donors (Lipinski definition) is 2. The first-order valence-electron chi connectivity index (χ1n) is 11.9. The molecule has 9 heteroatoms. The number of piperidine rings is 1. The highest BCUT2D eigenvalue weighted by Crippen LogP contribution is 2.30. The van der Waals surface area contributed by atoms with Crippen LogP contribution in [0, 0.1) is 0 Å². The van der Waals surface area contributed by atoms with E-state index < -0.39 is 5.92 Å². The summed E-state index contributed by atoms with van der Waals surface area (Å²) in [6.45, 7) is 4.99. The summed E-state index contributed by atoms with van der Waals surface area (Å²) in [5, 5.41) is 6.13. The van der Waals surface area contributed by atoms with Crippen LogP contribution in [0.1, 0.15) is 19.3 Å². The number of carbonyl (C=O) groups is 1. The summed E-state index contributed by atoms with van der Waals surface area (Å²) in [6, 6.07) is 7.04. The number of allylic oxidation sites excluding steroid dienone is 4. The summed E-state index contributed by atoms with van der Waals surface area (Å²) >= 11 is 0. The van der Waals surface area contributed by atoms with Crippen molar-refractivity contribution in [1.82, 2.24) is 10.2 Å². The van der Waals surface area contributed by atoms with Gasteiger partial charge in [0.15, 0.2) is 6.17 Å². The highest BCUT2D eigenvalue weighted by Gasteiger charge is 2.34. The van der Waals surface area contributed by atoms with Crippen molar-refractivity contribution >= 4 is 23.8 Å². The average Bonchev–Trinajstić information content (AvgIpc) is 3.31. The smallest absolute Gasteiger partial charge is 0.250 e. The third-order valence-electron chi connectivity index (χ3n) is 6.45. The van der Waals surface area contributed by atoms with Crippen LogP contribution in [0.5, 0.6) is 5.75 Å². The number of amides is 1. The third-order valence-corrected chi connectivity index (χ3v) is 6.45. The SMILES string of the molecule is C=CC(=O)Nc1cccc(OC2=NC=NC3NC(=C4C=CC(CN5CCC(F)(F)CC5)=CC4)C=C23)c1. The molecule has 5 rings (SSSR count). The fourth-order valence-corrected chi connectivity index (χ4v) is 4.44. The number of alkyl halides is 2. The molecule has 1 saturated heterocycles. The van der Waals surface area contributed by atoms with Crippen LogP contribution < -0.4 is 15.4 Å². The van der Waals surface area contributed by atoms with Gasteiger partial charge in [-0.3, -0.25) is 9.69 Å². The van der Waals surface area contributed by atoms with Crippen LogP contribution in [0.4, 0.5) is 14.5 Å². The van der Waals surface area contributed by atoms with Crippen LogP contribution in [0.25, 0.3) is 0 Å². The second-order valence-electron chi connectivity index (χ2n) is 9.06. The molecule has 0 bridgehead atoms. The Morgan fingerprint density at radius 2 is 2.14 bits per heavy atom. The number of nitrogens with one attached hydrogen (secondary N) is 2. The predicted molar refractivity (Wildman–Crippen MR) is 136 cm³/mol. The fourth-order valence-electron chi connectivity index (χ4n) is 4.44. The molecule has 0 aromatic heterocycles. The molecule has 1 amide bonds. The Balaban J connectivity index is 1.25. The summed E-state index contributed by atoms with van der Waals surface area (Å²) in [4.78, 5) is 22.4. The van der Waals surface area contributed by atoms with E-state index in [1.807, 2.05) is 6.08 Å². The molecule has 3 aliphatic heterocycles. The molecule has 1 aliphatic carbocycles. The summed E-state index contributed by atoms with van der Waals surface area (Å²) in [6.07, 6.45) is 11.2. The molecule has 1 aromatic rings. The van der Waals surface area contributed by atoms with Gasteiger partial charge in [0.25, 0.3) is 5.92 Å². The lowest BCUT2D eigenvalue weighted by molar-refractivity contribution is -0.111. The Kier molecular flexibility index (Phi) is 6.65. The summed E-state index contributed by atoms with van der Waals surface area (Å²) in [5.41, 5.74) is 4.60. The van der Waals surface area contributed by atoms with E-state index in [1.54, 1.807) is 24.3 Å². The van der Waals surface area contributed by atoms with Gasteiger partial charge >= 0.3 is 0 Å². The maximum absolute atomic E-state index is 13.4. The lowest BCUT2D eigenvalue weighted by atomic mass is 9.99. The number of fused-ring (bicyclic) bond motifs is 1. The van der Waals surface area contributed by atoms with E-state index in [2.05, 4.69) is 50.3 Å². The first-order valence-corrected chi connectivity index (χ1v) is 11.9. The van der Waals surface area contributed by atoms with E-state index in [4.69, 9.17) is 4.74 Å². The Labute approximate surface area is 208 Å². The number of anilines is 1. The van der Waals surface area contributed by atoms with Gasteiger partial charge in [0, 0.05) is 49.9 Å². The van der Waals surface area contributed by atoms with Gasteiger partial charge in [-0.25, -0.2) is 18.8 Å². The average molecular weight is 492 g/mol. The summed E-state index contributed by atoms with van der Waals surface area (Å²) in [7, 11) is 0. The Morgan fingerprint density at radius 3 is 2.89 bits per heavy atom. The van der Waals surface area contributed by atoms with E-state index in [0.29, 0.717) is 37.0 Å². The van der Waals surface area contributed by atoms with E-state index in [0.717, 1.165) is 28.8 Å². The lowest BCUT2D eigenvalue weighted by Gasteiger charge is -2.32. The number of aliphatic imine (C=N–C) groups is 2. The second-order valence-corrected chi connectivity index (χ2v) is 9.06. The molecule has 3 heterocycles. The van der Waals surface area contributed by atoms with Crippen molar-refractivity contribution in [3.8, 4) is 5.75 Å². The van der Waals surface area contributed by atoms with E-state index in [-0.39, 0.29) is 24.9 Å². The molecular weight excluding hydrogens is 464 g/mol. The highest BCUT2D eigenvalue weighted by atomic mass is 19.3. The van der Waals surface area contributed by atoms with Gasteiger partial charge in [0.05, 0.1) is 5.57 Å². The molecule has 186 valence electrons. The van der Waals surface area contributed by atoms with Crippen LogP contribution in [0.3, 0.4) is 0 Å². The van der Waals surface area contributed by atoms with Crippen LogP contribution >= 0.6 is 0 Å². The normalized spacial score (nSPS) is 24.7. The molecule has 36 heavy (non-hydrogen) atoms. The van der Waals surface area contributed by atoms with Crippen molar-refractivity contribution in [3.05, 3.63) is 83.6 Å². The van der Waals surface area contributed by atoms with Gasteiger partial charge in [-0.2, -0.15) is 0 Å². The molecule has 1 fully saturated rings. The van der Waals surface area contributed by atoms with E-state index in [9.17, 15) is 13.6 Å². The largest absolute Gasteiger partial charge is 0.438 e.